The van der Waals surface area contributed by atoms with Gasteiger partial charge in [-0.2, -0.15) is 0 Å². The van der Waals surface area contributed by atoms with E-state index in [1.54, 1.807) is 60.7 Å². The third kappa shape index (κ3) is 5.80. The molecule has 148 valence electrons. The fourth-order valence-electron chi connectivity index (χ4n) is 2.51. The largest absolute Gasteiger partial charge is 0.489 e. The Kier molecular flexibility index (Phi) is 6.42. The monoisotopic (exact) mass is 393 g/mol. The first kappa shape index (κ1) is 19.9. The number of rotatable bonds is 6. The molecule has 0 spiro atoms. The molecule has 0 heterocycles. The van der Waals surface area contributed by atoms with E-state index in [9.17, 15) is 14.0 Å². The van der Waals surface area contributed by atoms with Gasteiger partial charge >= 0.3 is 6.03 Å². The molecule has 3 aromatic rings. The van der Waals surface area contributed by atoms with Crippen molar-refractivity contribution in [2.75, 3.05) is 17.7 Å². The molecule has 0 unspecified atom stereocenters. The van der Waals surface area contributed by atoms with Crippen molar-refractivity contribution in [3.05, 3.63) is 89.7 Å². The van der Waals surface area contributed by atoms with E-state index in [4.69, 9.17) is 4.74 Å². The van der Waals surface area contributed by atoms with E-state index >= 15 is 0 Å². The van der Waals surface area contributed by atoms with E-state index < -0.39 is 0 Å². The third-order valence-corrected chi connectivity index (χ3v) is 4.04. The molecule has 0 aliphatic heterocycles. The van der Waals surface area contributed by atoms with Gasteiger partial charge in [0.15, 0.2) is 0 Å². The van der Waals surface area contributed by atoms with Crippen molar-refractivity contribution >= 4 is 23.3 Å². The quantitative estimate of drug-likeness (QED) is 0.580. The van der Waals surface area contributed by atoms with E-state index in [1.165, 1.54) is 19.2 Å². The molecule has 0 saturated carbocycles. The number of anilines is 2. The van der Waals surface area contributed by atoms with Gasteiger partial charge in [0.1, 0.15) is 18.2 Å². The van der Waals surface area contributed by atoms with Crippen molar-refractivity contribution in [2.45, 2.75) is 6.61 Å². The van der Waals surface area contributed by atoms with E-state index in [1.807, 2.05) is 0 Å². The Morgan fingerprint density at radius 2 is 1.55 bits per heavy atom. The lowest BCUT2D eigenvalue weighted by molar-refractivity contribution is 0.102. The number of urea groups is 1. The average molecular weight is 393 g/mol. The van der Waals surface area contributed by atoms with Crippen molar-refractivity contribution in [2.24, 2.45) is 0 Å². The second-order valence-electron chi connectivity index (χ2n) is 6.18. The Morgan fingerprint density at radius 1 is 0.897 bits per heavy atom. The van der Waals surface area contributed by atoms with Crippen molar-refractivity contribution in [1.82, 2.24) is 5.32 Å². The molecule has 0 aromatic heterocycles. The minimum Gasteiger partial charge on any atom is -0.489 e. The first-order valence-corrected chi connectivity index (χ1v) is 8.91. The molecule has 0 aliphatic carbocycles. The molecule has 0 radical (unpaired) electrons. The zero-order valence-corrected chi connectivity index (χ0v) is 15.7. The summed E-state index contributed by atoms with van der Waals surface area (Å²) in [5, 5.41) is 7.90. The van der Waals surface area contributed by atoms with Crippen LogP contribution in [0.3, 0.4) is 0 Å². The van der Waals surface area contributed by atoms with E-state index in [-0.39, 0.29) is 24.4 Å². The fourth-order valence-corrected chi connectivity index (χ4v) is 2.51. The van der Waals surface area contributed by atoms with Crippen LogP contribution >= 0.6 is 0 Å². The zero-order valence-electron chi connectivity index (χ0n) is 15.7. The highest BCUT2D eigenvalue weighted by atomic mass is 19.1. The molecule has 3 amide bonds. The first-order chi connectivity index (χ1) is 14.0. The highest BCUT2D eigenvalue weighted by Gasteiger charge is 2.08. The van der Waals surface area contributed by atoms with Crippen LogP contribution in [0.1, 0.15) is 15.9 Å². The zero-order chi connectivity index (χ0) is 20.6. The molecule has 6 nitrogen and oxygen atoms in total. The number of hydrogen-bond donors (Lipinski definition) is 3. The van der Waals surface area contributed by atoms with Gasteiger partial charge in [0.05, 0.1) is 0 Å². The molecule has 0 aliphatic rings. The summed E-state index contributed by atoms with van der Waals surface area (Å²) in [6, 6.07) is 19.3. The van der Waals surface area contributed by atoms with Gasteiger partial charge < -0.3 is 20.7 Å². The second kappa shape index (κ2) is 9.36. The molecule has 3 N–H and O–H groups in total. The normalized spacial score (nSPS) is 10.1. The van der Waals surface area contributed by atoms with Gasteiger partial charge in [-0.1, -0.05) is 18.2 Å². The molecule has 0 atom stereocenters. The third-order valence-electron chi connectivity index (χ3n) is 4.04. The van der Waals surface area contributed by atoms with Gasteiger partial charge in [-0.15, -0.1) is 0 Å². The lowest BCUT2D eigenvalue weighted by Crippen LogP contribution is -2.24. The van der Waals surface area contributed by atoms with Crippen LogP contribution < -0.4 is 20.7 Å². The molecule has 3 rings (SSSR count). The summed E-state index contributed by atoms with van der Waals surface area (Å²) in [5.74, 6) is -0.0544. The lowest BCUT2D eigenvalue weighted by atomic mass is 10.2. The minimum atomic E-state index is -0.320. The Morgan fingerprint density at radius 3 is 2.21 bits per heavy atom. The van der Waals surface area contributed by atoms with E-state index in [0.717, 1.165) is 5.56 Å². The maximum atomic E-state index is 13.0. The smallest absolute Gasteiger partial charge is 0.318 e. The molecule has 3 aromatic carbocycles. The van der Waals surface area contributed by atoms with Crippen LogP contribution in [0, 0.1) is 5.82 Å². The van der Waals surface area contributed by atoms with Crippen LogP contribution in [-0.4, -0.2) is 19.0 Å². The van der Waals surface area contributed by atoms with Crippen molar-refractivity contribution < 1.29 is 18.7 Å². The second-order valence-corrected chi connectivity index (χ2v) is 6.18. The van der Waals surface area contributed by atoms with Crippen molar-refractivity contribution in [3.8, 4) is 5.75 Å². The van der Waals surface area contributed by atoms with E-state index in [0.29, 0.717) is 22.7 Å². The molecule has 0 bridgehead atoms. The maximum absolute atomic E-state index is 13.0. The summed E-state index contributed by atoms with van der Waals surface area (Å²) in [6.45, 7) is 0.269. The van der Waals surface area contributed by atoms with Gasteiger partial charge in [-0.05, 0) is 60.2 Å². The van der Waals surface area contributed by atoms with Crippen LogP contribution in [0.2, 0.25) is 0 Å². The molecule has 29 heavy (non-hydrogen) atoms. The predicted octanol–water partition coefficient (Wildman–Crippen LogP) is 4.41. The van der Waals surface area contributed by atoms with Crippen LogP contribution in [0.4, 0.5) is 20.6 Å². The lowest BCUT2D eigenvalue weighted by Gasteiger charge is -2.10. The fraction of sp³-hybridized carbons (Fsp3) is 0.0909. The summed E-state index contributed by atoms with van der Waals surface area (Å²) in [5.41, 5.74) is 2.47. The van der Waals surface area contributed by atoms with Crippen LogP contribution in [0.25, 0.3) is 0 Å². The van der Waals surface area contributed by atoms with Gasteiger partial charge in [0.2, 0.25) is 0 Å². The first-order valence-electron chi connectivity index (χ1n) is 8.91. The van der Waals surface area contributed by atoms with Gasteiger partial charge in [-0.3, -0.25) is 4.79 Å². The Hall–Kier alpha value is -3.87. The van der Waals surface area contributed by atoms with Gasteiger partial charge in [0, 0.05) is 24.0 Å². The molecule has 7 heteroatoms. The number of amides is 3. The number of carbonyl (C=O) groups excluding carboxylic acids is 2. The summed E-state index contributed by atoms with van der Waals surface area (Å²) in [7, 11) is 1.53. The topological polar surface area (TPSA) is 79.5 Å². The Labute approximate surface area is 167 Å². The van der Waals surface area contributed by atoms with Crippen LogP contribution in [0.5, 0.6) is 5.75 Å². The number of carbonyl (C=O) groups is 2. The highest BCUT2D eigenvalue weighted by Crippen LogP contribution is 2.18. The minimum absolute atomic E-state index is 0.269. The number of benzene rings is 3. The SMILES string of the molecule is CNC(=O)Nc1ccc(NC(=O)c2cccc(OCc3ccc(F)cc3)c2)cc1. The van der Waals surface area contributed by atoms with Gasteiger partial charge in [0.25, 0.3) is 5.91 Å². The van der Waals surface area contributed by atoms with Crippen LogP contribution in [0.15, 0.2) is 72.8 Å². The number of hydrogen-bond acceptors (Lipinski definition) is 3. The summed E-state index contributed by atoms with van der Waals surface area (Å²) in [6.07, 6.45) is 0. The summed E-state index contributed by atoms with van der Waals surface area (Å²) >= 11 is 0. The molecular weight excluding hydrogens is 373 g/mol. The number of nitrogens with one attached hydrogen (secondary N) is 3. The molecular formula is C22H20FN3O3. The summed E-state index contributed by atoms with van der Waals surface area (Å²) < 4.78 is 18.6. The molecule has 0 saturated heterocycles. The molecule has 0 fully saturated rings. The Bertz CT molecular complexity index is 989. The highest BCUT2D eigenvalue weighted by molar-refractivity contribution is 6.04. The van der Waals surface area contributed by atoms with E-state index in [2.05, 4.69) is 16.0 Å². The number of halogens is 1. The van der Waals surface area contributed by atoms with Crippen molar-refractivity contribution in [3.63, 3.8) is 0 Å². The predicted molar refractivity (Wildman–Crippen MR) is 110 cm³/mol. The maximum Gasteiger partial charge on any atom is 0.318 e. The van der Waals surface area contributed by atoms with Crippen molar-refractivity contribution in [1.29, 1.82) is 0 Å². The standard InChI is InChI=1S/C22H20FN3O3/c1-24-22(28)26-19-11-9-18(10-12-19)25-21(27)16-3-2-4-20(13-16)29-14-15-5-7-17(23)8-6-15/h2-13H,14H2,1H3,(H,25,27)(H2,24,26,28). The summed E-state index contributed by atoms with van der Waals surface area (Å²) in [4.78, 5) is 23.8. The van der Waals surface area contributed by atoms with Crippen LogP contribution in [-0.2, 0) is 6.61 Å². The Balaban J connectivity index is 1.60. The van der Waals surface area contributed by atoms with Gasteiger partial charge in [-0.25, -0.2) is 9.18 Å². The number of ether oxygens (including phenoxy) is 1. The average Bonchev–Trinajstić information content (AvgIpc) is 2.75.